The molecule has 1 nitrogen and oxygen atoms in total. The lowest BCUT2D eigenvalue weighted by Crippen LogP contribution is -2.83. The highest BCUT2D eigenvalue weighted by atomic mass is 35.5. The summed E-state index contributed by atoms with van der Waals surface area (Å²) in [5, 5.41) is 0. The predicted molar refractivity (Wildman–Crippen MR) is 91.9 cm³/mol. The molecule has 0 spiro atoms. The minimum absolute atomic E-state index is 1.31. The van der Waals surface area contributed by atoms with Gasteiger partial charge in [-0.2, -0.15) is 0 Å². The van der Waals surface area contributed by atoms with Gasteiger partial charge in [0.1, 0.15) is 0 Å². The molecule has 0 saturated heterocycles. The molecule has 0 saturated carbocycles. The lowest BCUT2D eigenvalue weighted by atomic mass is 11.2. The van der Waals surface area contributed by atoms with Crippen LogP contribution >= 0.6 is 11.6 Å². The molecule has 0 aromatic rings. The predicted octanol–water partition coefficient (Wildman–Crippen LogP) is 4.91. The molecule has 17 heavy (non-hydrogen) atoms. The van der Waals surface area contributed by atoms with Crippen molar-refractivity contribution in [1.82, 2.24) is 0 Å². The summed E-state index contributed by atoms with van der Waals surface area (Å²) in [5.41, 5.74) is 1.54. The average Bonchev–Trinajstić information content (AvgIpc) is 1.96. The van der Waals surface area contributed by atoms with Crippen LogP contribution in [0.1, 0.15) is 0 Å². The van der Waals surface area contributed by atoms with E-state index in [4.69, 9.17) is 16.0 Å². The second kappa shape index (κ2) is 5.36. The Morgan fingerprint density at radius 2 is 1.00 bits per heavy atom. The van der Waals surface area contributed by atoms with E-state index in [9.17, 15) is 0 Å². The van der Waals surface area contributed by atoms with Gasteiger partial charge in [-0.15, -0.1) is 0 Å². The molecule has 0 radical (unpaired) electrons. The first-order chi connectivity index (χ1) is 7.31. The number of hydrogen-bond acceptors (Lipinski definition) is 1. The molecule has 0 aromatic heterocycles. The van der Waals surface area contributed by atoms with Gasteiger partial charge < -0.3 is 4.43 Å². The summed E-state index contributed by atoms with van der Waals surface area (Å²) in [6.45, 7) is 20.8. The van der Waals surface area contributed by atoms with Gasteiger partial charge in [-0.05, 0) is 0 Å². The zero-order valence-electron chi connectivity index (χ0n) is 12.9. The summed E-state index contributed by atoms with van der Waals surface area (Å²) < 4.78 is 6.48. The third-order valence-corrected chi connectivity index (χ3v) is 71.0. The van der Waals surface area contributed by atoms with E-state index in [1.54, 1.807) is 11.8 Å². The van der Waals surface area contributed by atoms with Gasteiger partial charge in [0.25, 0.3) is 0 Å². The lowest BCUT2D eigenvalue weighted by molar-refractivity contribution is 0.508. The van der Waals surface area contributed by atoms with Crippen molar-refractivity contribution in [3.8, 4) is 0 Å². The van der Waals surface area contributed by atoms with Crippen molar-refractivity contribution < 1.29 is 4.43 Å². The fourth-order valence-corrected chi connectivity index (χ4v) is 97.0. The molecular weight excluding hydrogens is 296 g/mol. The molecule has 0 N–H and O–H groups in total. The Morgan fingerprint density at radius 1 is 0.706 bits per heavy atom. The third-order valence-electron chi connectivity index (χ3n) is 3.46. The van der Waals surface area contributed by atoms with Crippen LogP contribution in [0.4, 0.5) is 0 Å². The van der Waals surface area contributed by atoms with Crippen molar-refractivity contribution in [3.63, 3.8) is 0 Å². The summed E-state index contributed by atoms with van der Waals surface area (Å²) in [6.07, 6.45) is 1.78. The number of rotatable bonds is 5. The van der Waals surface area contributed by atoms with Gasteiger partial charge in [0.05, 0.1) is 29.0 Å². The van der Waals surface area contributed by atoms with E-state index in [1.165, 1.54) is 0 Å². The summed E-state index contributed by atoms with van der Waals surface area (Å²) in [7, 11) is -3.94. The summed E-state index contributed by atoms with van der Waals surface area (Å²) in [6, 6.07) is 0. The highest BCUT2D eigenvalue weighted by Crippen LogP contribution is 2.37. The highest BCUT2D eigenvalue weighted by molar-refractivity contribution is 7.87. The van der Waals surface area contributed by atoms with Crippen molar-refractivity contribution in [1.29, 1.82) is 0 Å². The van der Waals surface area contributed by atoms with Gasteiger partial charge in [0.15, 0.2) is 0 Å². The van der Waals surface area contributed by atoms with Crippen LogP contribution in [0.25, 0.3) is 0 Å². The van der Waals surface area contributed by atoms with E-state index < -0.39 is 29.6 Å². The van der Waals surface area contributed by atoms with E-state index >= 15 is 0 Å². The van der Waals surface area contributed by atoms with Crippen LogP contribution < -0.4 is 0 Å². The molecule has 0 aliphatic heterocycles. The zero-order valence-corrected chi connectivity index (χ0v) is 17.7. The molecule has 0 atom stereocenters. The van der Waals surface area contributed by atoms with Crippen LogP contribution in [-0.4, -0.2) is 29.6 Å². The second-order valence-corrected chi connectivity index (χ2v) is 47.5. The Balaban J connectivity index is 5.92. The van der Waals surface area contributed by atoms with E-state index in [0.717, 1.165) is 0 Å². The first kappa shape index (κ1) is 17.7. The van der Waals surface area contributed by atoms with Gasteiger partial charge in [0.2, 0.25) is 6.87 Å². The zero-order chi connectivity index (χ0) is 14.1. The topological polar surface area (TPSA) is 9.23 Å². The normalized spacial score (nSPS) is 15.4. The monoisotopic (exact) mass is 324 g/mol. The molecule has 0 unspecified atom stereocenters. The molecule has 0 aliphatic carbocycles. The average molecular weight is 325 g/mol. The summed E-state index contributed by atoms with van der Waals surface area (Å²) in [4.78, 5) is 0. The maximum atomic E-state index is 6.48. The molecule has 0 aromatic carbocycles. The van der Waals surface area contributed by atoms with E-state index in [1.807, 2.05) is 0 Å². The van der Waals surface area contributed by atoms with Crippen LogP contribution in [0.2, 0.25) is 58.9 Å². The summed E-state index contributed by atoms with van der Waals surface area (Å²) in [5.74, 6) is 0. The van der Waals surface area contributed by atoms with E-state index in [2.05, 4.69) is 58.9 Å². The molecule has 0 fully saturated rings. The molecule has 102 valence electrons. The molecular formula is C11H29ClOSi4. The molecule has 6 heteroatoms. The Hall–Kier alpha value is 0.698. The van der Waals surface area contributed by atoms with Gasteiger partial charge in [-0.3, -0.25) is 0 Å². The van der Waals surface area contributed by atoms with Gasteiger partial charge in [-0.25, -0.2) is 0 Å². The summed E-state index contributed by atoms with van der Waals surface area (Å²) >= 11 is 5.72. The maximum absolute atomic E-state index is 6.48. The van der Waals surface area contributed by atoms with Crippen molar-refractivity contribution in [3.05, 3.63) is 11.8 Å². The Morgan fingerprint density at radius 3 is 1.18 bits per heavy atom. The number of hydrogen-bond donors (Lipinski definition) is 0. The number of halogens is 1. The van der Waals surface area contributed by atoms with Crippen molar-refractivity contribution in [2.75, 3.05) is 0 Å². The second-order valence-electron chi connectivity index (χ2n) is 7.81. The highest BCUT2D eigenvalue weighted by Gasteiger charge is 2.64. The van der Waals surface area contributed by atoms with Gasteiger partial charge >= 0.3 is 0 Å². The SMILES string of the molecule is C[Si](C)(C)[Si](O/C=C\Cl)([Si](C)(C)C)[Si](C)(C)C. The van der Waals surface area contributed by atoms with Gasteiger partial charge in [0, 0.05) is 5.54 Å². The first-order valence-corrected chi connectivity index (χ1v) is 22.1. The molecule has 0 heterocycles. The maximum Gasteiger partial charge on any atom is 0.205 e. The minimum atomic E-state index is -1.68. The Labute approximate surface area is 116 Å². The molecule has 0 bridgehead atoms. The lowest BCUT2D eigenvalue weighted by Gasteiger charge is -2.55. The van der Waals surface area contributed by atoms with Gasteiger partial charge in [-0.1, -0.05) is 70.5 Å². The van der Waals surface area contributed by atoms with E-state index in [-0.39, 0.29) is 0 Å². The molecule has 0 aliphatic rings. The van der Waals surface area contributed by atoms with Crippen molar-refractivity contribution >= 4 is 41.2 Å². The van der Waals surface area contributed by atoms with Crippen molar-refractivity contribution in [2.24, 2.45) is 0 Å². The fraction of sp³-hybridized carbons (Fsp3) is 0.818. The molecule has 0 rings (SSSR count). The Kier molecular flexibility index (Phi) is 5.58. The largest absolute Gasteiger partial charge is 0.557 e. The first-order valence-electron chi connectivity index (χ1n) is 6.24. The van der Waals surface area contributed by atoms with Crippen LogP contribution in [-0.2, 0) is 4.43 Å². The van der Waals surface area contributed by atoms with Crippen molar-refractivity contribution in [2.45, 2.75) is 58.9 Å². The smallest absolute Gasteiger partial charge is 0.205 e. The van der Waals surface area contributed by atoms with Crippen LogP contribution in [0.15, 0.2) is 11.8 Å². The van der Waals surface area contributed by atoms with Crippen LogP contribution in [0.5, 0.6) is 0 Å². The minimum Gasteiger partial charge on any atom is -0.557 e. The van der Waals surface area contributed by atoms with E-state index in [0.29, 0.717) is 0 Å². The standard InChI is InChI=1S/C11H29ClOSi4/c1-14(2,3)17(13-11-10-12,15(4,5)6)16(7,8)9/h10-11H,1-9H3/b11-10-. The fourth-order valence-electron chi connectivity index (χ4n) is 4.03. The molecule has 0 amide bonds. The quantitative estimate of drug-likeness (QED) is 0.516. The van der Waals surface area contributed by atoms with Crippen LogP contribution in [0, 0.1) is 0 Å². The third kappa shape index (κ3) is 3.37. The Bertz CT molecular complexity index is 247. The van der Waals surface area contributed by atoms with Crippen LogP contribution in [0.3, 0.4) is 0 Å².